The molecular weight excluding hydrogens is 238 g/mol. The highest BCUT2D eigenvalue weighted by molar-refractivity contribution is 5.87. The Bertz CT molecular complexity index is 387. The molecule has 0 spiro atoms. The Morgan fingerprint density at radius 2 is 2.05 bits per heavy atom. The molecule has 1 atom stereocenters. The average Bonchev–Trinajstić information content (AvgIpc) is 2.46. The highest BCUT2D eigenvalue weighted by Gasteiger charge is 2.07. The molecule has 0 saturated carbocycles. The quantitative estimate of drug-likeness (QED) is 0.577. The van der Waals surface area contributed by atoms with Gasteiger partial charge in [-0.2, -0.15) is 0 Å². The van der Waals surface area contributed by atoms with Crippen LogP contribution in [0.4, 0.5) is 0 Å². The molecule has 0 amide bonds. The van der Waals surface area contributed by atoms with Crippen LogP contribution in [0.2, 0.25) is 0 Å². The second kappa shape index (κ2) is 9.34. The maximum atomic E-state index is 11.6. The minimum absolute atomic E-state index is 0.244. The monoisotopic (exact) mass is 261 g/mol. The molecular formula is C16H23NO2. The number of hydrogen-bond donors (Lipinski definition) is 1. The van der Waals surface area contributed by atoms with Gasteiger partial charge < -0.3 is 10.1 Å². The number of esters is 1. The zero-order chi connectivity index (χ0) is 13.9. The molecule has 19 heavy (non-hydrogen) atoms. The van der Waals surface area contributed by atoms with Gasteiger partial charge in [0.25, 0.3) is 0 Å². The Balaban J connectivity index is 2.32. The minimum atomic E-state index is -0.291. The molecule has 0 aliphatic heterocycles. The maximum absolute atomic E-state index is 11.6. The summed E-state index contributed by atoms with van der Waals surface area (Å²) in [7, 11) is 0. The van der Waals surface area contributed by atoms with Crippen LogP contribution >= 0.6 is 0 Å². The molecule has 0 aliphatic carbocycles. The van der Waals surface area contributed by atoms with Gasteiger partial charge in [-0.15, -0.1) is 0 Å². The molecule has 1 aromatic rings. The lowest BCUT2D eigenvalue weighted by atomic mass is 10.2. The number of hydrogen-bond acceptors (Lipinski definition) is 3. The average molecular weight is 261 g/mol. The minimum Gasteiger partial charge on any atom is -0.461 e. The van der Waals surface area contributed by atoms with E-state index in [0.29, 0.717) is 6.61 Å². The third-order valence-electron chi connectivity index (χ3n) is 2.81. The highest BCUT2D eigenvalue weighted by atomic mass is 16.5. The van der Waals surface area contributed by atoms with Gasteiger partial charge >= 0.3 is 5.97 Å². The fourth-order valence-corrected chi connectivity index (χ4v) is 1.63. The van der Waals surface area contributed by atoms with E-state index in [1.807, 2.05) is 30.3 Å². The Labute approximate surface area is 115 Å². The standard InChI is InChI=1S/C16H23NO2/c1-3-12-17-15(4-2)13-19-16(18)11-10-14-8-6-5-7-9-14/h5-11,15,17H,3-4,12-13H2,1-2H3/b11-10+. The molecule has 0 radical (unpaired) electrons. The summed E-state index contributed by atoms with van der Waals surface area (Å²) in [6, 6.07) is 9.96. The number of carbonyl (C=O) groups excluding carboxylic acids is 1. The van der Waals surface area contributed by atoms with E-state index in [-0.39, 0.29) is 12.0 Å². The van der Waals surface area contributed by atoms with Gasteiger partial charge in [-0.05, 0) is 31.0 Å². The first-order valence-electron chi connectivity index (χ1n) is 6.89. The zero-order valence-electron chi connectivity index (χ0n) is 11.8. The summed E-state index contributed by atoms with van der Waals surface area (Å²) in [5.41, 5.74) is 0.996. The maximum Gasteiger partial charge on any atom is 0.330 e. The second-order valence-electron chi connectivity index (χ2n) is 4.43. The first-order chi connectivity index (χ1) is 9.26. The highest BCUT2D eigenvalue weighted by Crippen LogP contribution is 2.01. The van der Waals surface area contributed by atoms with Crippen LogP contribution in [0.5, 0.6) is 0 Å². The third-order valence-corrected chi connectivity index (χ3v) is 2.81. The summed E-state index contributed by atoms with van der Waals surface area (Å²) in [6.45, 7) is 5.58. The molecule has 0 aliphatic rings. The van der Waals surface area contributed by atoms with E-state index in [1.54, 1.807) is 6.08 Å². The Kier molecular flexibility index (Phi) is 7.59. The lowest BCUT2D eigenvalue weighted by Gasteiger charge is -2.15. The van der Waals surface area contributed by atoms with Crippen molar-refractivity contribution in [2.75, 3.05) is 13.2 Å². The lowest BCUT2D eigenvalue weighted by molar-refractivity contribution is -0.138. The molecule has 1 rings (SSSR count). The van der Waals surface area contributed by atoms with E-state index in [1.165, 1.54) is 6.08 Å². The van der Waals surface area contributed by atoms with E-state index in [9.17, 15) is 4.79 Å². The van der Waals surface area contributed by atoms with E-state index in [2.05, 4.69) is 19.2 Å². The van der Waals surface area contributed by atoms with Crippen LogP contribution < -0.4 is 5.32 Å². The smallest absolute Gasteiger partial charge is 0.330 e. The molecule has 1 unspecified atom stereocenters. The van der Waals surface area contributed by atoms with Crippen molar-refractivity contribution in [2.45, 2.75) is 32.7 Å². The van der Waals surface area contributed by atoms with Crippen LogP contribution in [0, 0.1) is 0 Å². The summed E-state index contributed by atoms with van der Waals surface area (Å²) in [4.78, 5) is 11.6. The number of nitrogens with one attached hydrogen (secondary N) is 1. The Morgan fingerprint density at radius 3 is 2.68 bits per heavy atom. The van der Waals surface area contributed by atoms with Crippen LogP contribution in [0.25, 0.3) is 6.08 Å². The molecule has 104 valence electrons. The SMILES string of the molecule is CCCNC(CC)COC(=O)/C=C/c1ccccc1. The van der Waals surface area contributed by atoms with Crippen molar-refractivity contribution >= 4 is 12.0 Å². The summed E-state index contributed by atoms with van der Waals surface area (Å²) >= 11 is 0. The van der Waals surface area contributed by atoms with Gasteiger partial charge in [-0.25, -0.2) is 4.79 Å². The zero-order valence-corrected chi connectivity index (χ0v) is 11.8. The number of benzene rings is 1. The van der Waals surface area contributed by atoms with Crippen molar-refractivity contribution in [1.29, 1.82) is 0 Å². The van der Waals surface area contributed by atoms with E-state index in [4.69, 9.17) is 4.74 Å². The van der Waals surface area contributed by atoms with Crippen molar-refractivity contribution < 1.29 is 9.53 Å². The van der Waals surface area contributed by atoms with Gasteiger partial charge in [0.1, 0.15) is 6.61 Å². The van der Waals surface area contributed by atoms with Crippen molar-refractivity contribution in [1.82, 2.24) is 5.32 Å². The summed E-state index contributed by atoms with van der Waals surface area (Å²) in [5.74, 6) is -0.291. The van der Waals surface area contributed by atoms with Gasteiger partial charge in [-0.3, -0.25) is 0 Å². The van der Waals surface area contributed by atoms with Gasteiger partial charge in [0.15, 0.2) is 0 Å². The third kappa shape index (κ3) is 6.77. The molecule has 0 saturated heterocycles. The van der Waals surface area contributed by atoms with Crippen LogP contribution in [-0.2, 0) is 9.53 Å². The number of ether oxygens (including phenoxy) is 1. The van der Waals surface area contributed by atoms with Crippen LogP contribution in [-0.4, -0.2) is 25.2 Å². The molecule has 0 aromatic heterocycles. The molecule has 3 heteroatoms. The largest absolute Gasteiger partial charge is 0.461 e. The first kappa shape index (κ1) is 15.4. The molecule has 1 N–H and O–H groups in total. The Morgan fingerprint density at radius 1 is 1.32 bits per heavy atom. The van der Waals surface area contributed by atoms with E-state index < -0.39 is 0 Å². The van der Waals surface area contributed by atoms with Crippen LogP contribution in [0.1, 0.15) is 32.3 Å². The summed E-state index contributed by atoms with van der Waals surface area (Å²) < 4.78 is 5.23. The fraction of sp³-hybridized carbons (Fsp3) is 0.438. The van der Waals surface area contributed by atoms with Crippen molar-refractivity contribution in [3.8, 4) is 0 Å². The predicted octanol–water partition coefficient (Wildman–Crippen LogP) is 3.02. The lowest BCUT2D eigenvalue weighted by Crippen LogP contribution is -2.34. The Hall–Kier alpha value is -1.61. The summed E-state index contributed by atoms with van der Waals surface area (Å²) in [5, 5.41) is 3.35. The second-order valence-corrected chi connectivity index (χ2v) is 4.43. The number of carbonyl (C=O) groups is 1. The predicted molar refractivity (Wildman–Crippen MR) is 78.8 cm³/mol. The van der Waals surface area contributed by atoms with Gasteiger partial charge in [0.2, 0.25) is 0 Å². The molecule has 0 fully saturated rings. The van der Waals surface area contributed by atoms with Gasteiger partial charge in [0, 0.05) is 12.1 Å². The summed E-state index contributed by atoms with van der Waals surface area (Å²) in [6.07, 6.45) is 5.28. The van der Waals surface area contributed by atoms with Crippen LogP contribution in [0.15, 0.2) is 36.4 Å². The molecule has 0 heterocycles. The first-order valence-corrected chi connectivity index (χ1v) is 6.89. The van der Waals surface area contributed by atoms with Gasteiger partial charge in [0.05, 0.1) is 0 Å². The van der Waals surface area contributed by atoms with Crippen molar-refractivity contribution in [3.63, 3.8) is 0 Å². The number of rotatable bonds is 8. The normalized spacial score (nSPS) is 12.5. The van der Waals surface area contributed by atoms with Crippen molar-refractivity contribution in [2.24, 2.45) is 0 Å². The van der Waals surface area contributed by atoms with Crippen molar-refractivity contribution in [3.05, 3.63) is 42.0 Å². The topological polar surface area (TPSA) is 38.3 Å². The molecule has 3 nitrogen and oxygen atoms in total. The fourth-order valence-electron chi connectivity index (χ4n) is 1.63. The molecule has 1 aromatic carbocycles. The van der Waals surface area contributed by atoms with E-state index in [0.717, 1.165) is 24.9 Å². The van der Waals surface area contributed by atoms with Gasteiger partial charge in [-0.1, -0.05) is 44.2 Å². The molecule has 0 bridgehead atoms. The van der Waals surface area contributed by atoms with Crippen LogP contribution in [0.3, 0.4) is 0 Å². The van der Waals surface area contributed by atoms with E-state index >= 15 is 0 Å².